The van der Waals surface area contributed by atoms with E-state index in [1.165, 1.54) is 0 Å². The van der Waals surface area contributed by atoms with Crippen LogP contribution in [-0.4, -0.2) is 20.6 Å². The summed E-state index contributed by atoms with van der Waals surface area (Å²) in [5, 5.41) is 7.85. The Bertz CT molecular complexity index is 1470. The molecule has 5 rings (SSSR count). The molecule has 4 aromatic rings. The standard InChI is InChI=1S/C29H28ClN5OS/c1-4-26(36)32-23-13-11-21(17-19(23)3)35-28(27(33-29(35)37)24-8-5-6-14-31-24)25-9-7-15-34(25)20-10-12-22(30)18(2)16-20/h5-17,27-28H,4H2,1-3H3,(H,32,36)(H,33,37). The minimum absolute atomic E-state index is 0.0154. The lowest BCUT2D eigenvalue weighted by Gasteiger charge is -2.29. The van der Waals surface area contributed by atoms with Crippen molar-refractivity contribution in [2.45, 2.75) is 39.3 Å². The van der Waals surface area contributed by atoms with Crippen molar-refractivity contribution in [3.63, 3.8) is 0 Å². The van der Waals surface area contributed by atoms with Gasteiger partial charge in [0, 0.05) is 46.6 Å². The third-order valence-corrected chi connectivity index (χ3v) is 7.42. The maximum absolute atomic E-state index is 12.0. The van der Waals surface area contributed by atoms with Gasteiger partial charge >= 0.3 is 0 Å². The molecule has 1 aliphatic heterocycles. The van der Waals surface area contributed by atoms with Crippen LogP contribution in [0.1, 0.15) is 47.9 Å². The van der Waals surface area contributed by atoms with Crippen LogP contribution < -0.4 is 15.5 Å². The third-order valence-electron chi connectivity index (χ3n) is 6.68. The first kappa shape index (κ1) is 25.0. The summed E-state index contributed by atoms with van der Waals surface area (Å²) >= 11 is 12.2. The zero-order chi connectivity index (χ0) is 26.1. The van der Waals surface area contributed by atoms with E-state index in [4.69, 9.17) is 23.8 Å². The van der Waals surface area contributed by atoms with Gasteiger partial charge in [-0.05, 0) is 97.9 Å². The number of nitrogens with one attached hydrogen (secondary N) is 2. The van der Waals surface area contributed by atoms with E-state index in [2.05, 4.69) is 49.5 Å². The summed E-state index contributed by atoms with van der Waals surface area (Å²) in [6.07, 6.45) is 4.29. The van der Waals surface area contributed by atoms with Crippen LogP contribution in [0.5, 0.6) is 0 Å². The highest BCUT2D eigenvalue weighted by Gasteiger charge is 2.42. The molecule has 2 N–H and O–H groups in total. The molecular weight excluding hydrogens is 502 g/mol. The number of carbonyl (C=O) groups excluding carboxylic acids is 1. The Morgan fingerprint density at radius 3 is 2.54 bits per heavy atom. The SMILES string of the molecule is CCC(=O)Nc1ccc(N2C(=S)NC(c3ccccn3)C2c2cccn2-c2ccc(Cl)c(C)c2)cc1C. The van der Waals surface area contributed by atoms with Crippen molar-refractivity contribution < 1.29 is 4.79 Å². The van der Waals surface area contributed by atoms with Crippen LogP contribution >= 0.6 is 23.8 Å². The van der Waals surface area contributed by atoms with Crippen LogP contribution in [0.3, 0.4) is 0 Å². The van der Waals surface area contributed by atoms with Gasteiger partial charge in [0.25, 0.3) is 0 Å². The molecule has 3 heterocycles. The largest absolute Gasteiger partial charge is 0.351 e. The molecule has 8 heteroatoms. The Hall–Kier alpha value is -3.68. The number of aryl methyl sites for hydroxylation is 2. The fourth-order valence-electron chi connectivity index (χ4n) is 4.76. The zero-order valence-electron chi connectivity index (χ0n) is 20.9. The van der Waals surface area contributed by atoms with E-state index in [0.29, 0.717) is 11.5 Å². The summed E-state index contributed by atoms with van der Waals surface area (Å²) < 4.78 is 2.18. The molecule has 0 saturated carbocycles. The van der Waals surface area contributed by atoms with Gasteiger partial charge in [-0.3, -0.25) is 9.78 Å². The molecule has 0 bridgehead atoms. The number of hydrogen-bond acceptors (Lipinski definition) is 3. The van der Waals surface area contributed by atoms with Gasteiger partial charge in [0.2, 0.25) is 5.91 Å². The van der Waals surface area contributed by atoms with Gasteiger partial charge in [0.05, 0.1) is 11.7 Å². The first-order valence-corrected chi connectivity index (χ1v) is 13.0. The molecule has 1 fully saturated rings. The number of benzene rings is 2. The molecule has 6 nitrogen and oxygen atoms in total. The molecule has 1 saturated heterocycles. The van der Waals surface area contributed by atoms with Crippen molar-refractivity contribution in [1.29, 1.82) is 0 Å². The molecule has 0 radical (unpaired) electrons. The smallest absolute Gasteiger partial charge is 0.224 e. The second kappa shape index (κ2) is 10.4. The fraction of sp³-hybridized carbons (Fsp3) is 0.207. The number of halogens is 1. The average Bonchev–Trinajstić information content (AvgIpc) is 3.51. The van der Waals surface area contributed by atoms with E-state index >= 15 is 0 Å². The quantitative estimate of drug-likeness (QED) is 0.273. The molecule has 1 aliphatic rings. The van der Waals surface area contributed by atoms with Crippen molar-refractivity contribution in [2.75, 3.05) is 10.2 Å². The average molecular weight is 530 g/mol. The second-order valence-electron chi connectivity index (χ2n) is 9.13. The molecule has 37 heavy (non-hydrogen) atoms. The Morgan fingerprint density at radius 2 is 1.84 bits per heavy atom. The van der Waals surface area contributed by atoms with Crippen molar-refractivity contribution in [3.8, 4) is 5.69 Å². The maximum atomic E-state index is 12.0. The molecule has 2 unspecified atom stereocenters. The molecule has 2 aromatic carbocycles. The minimum atomic E-state index is -0.177. The normalized spacial score (nSPS) is 17.1. The number of thiocarbonyl (C=S) groups is 1. The number of carbonyl (C=O) groups is 1. The molecule has 2 atom stereocenters. The number of amides is 1. The molecular formula is C29H28ClN5OS. The van der Waals surface area contributed by atoms with E-state index in [9.17, 15) is 4.79 Å². The molecule has 0 aliphatic carbocycles. The number of pyridine rings is 1. The zero-order valence-corrected chi connectivity index (χ0v) is 22.5. The van der Waals surface area contributed by atoms with Gasteiger partial charge in [0.1, 0.15) is 6.04 Å². The van der Waals surface area contributed by atoms with Gasteiger partial charge < -0.3 is 20.1 Å². The van der Waals surface area contributed by atoms with Crippen LogP contribution in [0.2, 0.25) is 5.02 Å². The predicted molar refractivity (Wildman–Crippen MR) is 154 cm³/mol. The van der Waals surface area contributed by atoms with E-state index in [-0.39, 0.29) is 18.0 Å². The lowest BCUT2D eigenvalue weighted by atomic mass is 10.00. The van der Waals surface area contributed by atoms with Crippen LogP contribution in [0.15, 0.2) is 79.1 Å². The Morgan fingerprint density at radius 1 is 1.05 bits per heavy atom. The molecule has 2 aromatic heterocycles. The number of aromatic nitrogens is 2. The number of nitrogens with zero attached hydrogens (tertiary/aromatic N) is 3. The third kappa shape index (κ3) is 4.84. The van der Waals surface area contributed by atoms with Crippen LogP contribution in [0.4, 0.5) is 11.4 Å². The summed E-state index contributed by atoms with van der Waals surface area (Å²) in [6, 6.07) is 21.8. The van der Waals surface area contributed by atoms with E-state index in [1.807, 2.05) is 69.3 Å². The number of anilines is 2. The molecule has 0 spiro atoms. The van der Waals surface area contributed by atoms with Crippen molar-refractivity contribution >= 4 is 46.2 Å². The van der Waals surface area contributed by atoms with Crippen molar-refractivity contribution in [1.82, 2.24) is 14.9 Å². The minimum Gasteiger partial charge on any atom is -0.351 e. The highest BCUT2D eigenvalue weighted by Crippen LogP contribution is 2.43. The van der Waals surface area contributed by atoms with Gasteiger partial charge in [0.15, 0.2) is 5.11 Å². The highest BCUT2D eigenvalue weighted by atomic mass is 35.5. The van der Waals surface area contributed by atoms with Crippen LogP contribution in [0, 0.1) is 13.8 Å². The fourth-order valence-corrected chi connectivity index (χ4v) is 5.22. The summed E-state index contributed by atoms with van der Waals surface area (Å²) in [7, 11) is 0. The predicted octanol–water partition coefficient (Wildman–Crippen LogP) is 6.67. The summed E-state index contributed by atoms with van der Waals surface area (Å²) in [4.78, 5) is 18.8. The summed E-state index contributed by atoms with van der Waals surface area (Å²) in [5.41, 5.74) is 6.70. The topological polar surface area (TPSA) is 62.2 Å². The lowest BCUT2D eigenvalue weighted by molar-refractivity contribution is -0.115. The molecule has 188 valence electrons. The van der Waals surface area contributed by atoms with Crippen molar-refractivity contribution in [3.05, 3.63) is 107 Å². The number of rotatable bonds is 6. The van der Waals surface area contributed by atoms with Gasteiger partial charge in [-0.15, -0.1) is 0 Å². The second-order valence-corrected chi connectivity index (χ2v) is 9.93. The Kier molecular flexibility index (Phi) is 7.00. The maximum Gasteiger partial charge on any atom is 0.224 e. The van der Waals surface area contributed by atoms with E-state index in [0.717, 1.165) is 44.6 Å². The lowest BCUT2D eigenvalue weighted by Crippen LogP contribution is -2.30. The summed E-state index contributed by atoms with van der Waals surface area (Å²) in [5.74, 6) is -0.0154. The van der Waals surface area contributed by atoms with Crippen LogP contribution in [-0.2, 0) is 4.79 Å². The Labute approximate surface area is 227 Å². The van der Waals surface area contributed by atoms with Crippen molar-refractivity contribution in [2.24, 2.45) is 0 Å². The first-order valence-electron chi connectivity index (χ1n) is 12.2. The summed E-state index contributed by atoms with van der Waals surface area (Å²) in [6.45, 7) is 5.84. The van der Waals surface area contributed by atoms with E-state index < -0.39 is 0 Å². The number of hydrogen-bond donors (Lipinski definition) is 2. The van der Waals surface area contributed by atoms with Crippen LogP contribution in [0.25, 0.3) is 5.69 Å². The Balaban J connectivity index is 1.62. The van der Waals surface area contributed by atoms with Gasteiger partial charge in [-0.25, -0.2) is 0 Å². The van der Waals surface area contributed by atoms with E-state index in [1.54, 1.807) is 6.20 Å². The van der Waals surface area contributed by atoms with Gasteiger partial charge in [-0.2, -0.15) is 0 Å². The first-order chi connectivity index (χ1) is 17.9. The highest BCUT2D eigenvalue weighted by molar-refractivity contribution is 7.80. The molecule has 1 amide bonds. The monoisotopic (exact) mass is 529 g/mol. The van der Waals surface area contributed by atoms with Gasteiger partial charge in [-0.1, -0.05) is 24.6 Å².